The minimum Gasteiger partial charge on any atom is -0.508 e. The second kappa shape index (κ2) is 19.3. The Kier molecular flexibility index (Phi) is 16.3. The first-order valence-electron chi connectivity index (χ1n) is 17.3. The van der Waals surface area contributed by atoms with E-state index in [1.807, 2.05) is 12.1 Å². The third-order valence-electron chi connectivity index (χ3n) is 8.64. The summed E-state index contributed by atoms with van der Waals surface area (Å²) in [7, 11) is 1.68. The summed E-state index contributed by atoms with van der Waals surface area (Å²) in [4.78, 5) is 0. The van der Waals surface area contributed by atoms with Crippen molar-refractivity contribution in [1.29, 1.82) is 0 Å². The fraction of sp³-hybridized carbons (Fsp3) is 0.524. The normalized spacial score (nSPS) is 15.5. The van der Waals surface area contributed by atoms with Gasteiger partial charge in [-0.2, -0.15) is 0 Å². The molecule has 1 aliphatic carbocycles. The van der Waals surface area contributed by atoms with Gasteiger partial charge in [-0.05, 0) is 133 Å². The first-order valence-corrected chi connectivity index (χ1v) is 17.3. The number of unbranched alkanes of at least 4 members (excludes halogenated alkanes) is 2. The summed E-state index contributed by atoms with van der Waals surface area (Å²) in [6.45, 7) is 17.4. The standard InChI is InChI=1S/C22H34O2.C20H28O/c1-6-7-8-12-19-15-21(23)20(22(16-19)24-5)14-13-18(4)11-9-10-17(2)3;1-5-7-16-12-17-14-20(4,10-6-8-15(2)3)11-9-18(17)19(21)13-16/h10,13,15-16,23H,6-9,11-12,14H2,1-5H3;8-9,11-13,21H,5-7,10,14H2,1-4H3/b18-13+;. The van der Waals surface area contributed by atoms with Crippen LogP contribution in [-0.4, -0.2) is 17.3 Å². The Morgan fingerprint density at radius 3 is 2.13 bits per heavy atom. The predicted molar refractivity (Wildman–Crippen MR) is 196 cm³/mol. The van der Waals surface area contributed by atoms with E-state index in [0.29, 0.717) is 17.9 Å². The van der Waals surface area contributed by atoms with Gasteiger partial charge in [0.05, 0.1) is 7.11 Å². The predicted octanol–water partition coefficient (Wildman–Crippen LogP) is 12.0. The Balaban J connectivity index is 0.000000316. The van der Waals surface area contributed by atoms with E-state index < -0.39 is 0 Å². The number of hydrogen-bond donors (Lipinski definition) is 2. The molecule has 0 aromatic heterocycles. The highest BCUT2D eigenvalue weighted by Crippen LogP contribution is 2.40. The van der Waals surface area contributed by atoms with E-state index in [1.54, 1.807) is 7.11 Å². The van der Waals surface area contributed by atoms with Crippen LogP contribution in [0.2, 0.25) is 0 Å². The van der Waals surface area contributed by atoms with Crippen molar-refractivity contribution in [2.45, 2.75) is 132 Å². The molecular formula is C42H62O3. The molecule has 1 unspecified atom stereocenters. The molecule has 248 valence electrons. The number of fused-ring (bicyclic) bond motifs is 1. The molecule has 0 aliphatic heterocycles. The molecule has 45 heavy (non-hydrogen) atoms. The number of aromatic hydroxyl groups is 2. The van der Waals surface area contributed by atoms with Crippen LogP contribution < -0.4 is 4.74 Å². The molecule has 0 saturated heterocycles. The van der Waals surface area contributed by atoms with Gasteiger partial charge in [0.15, 0.2) is 0 Å². The molecule has 3 nitrogen and oxygen atoms in total. The minimum absolute atomic E-state index is 0.205. The lowest BCUT2D eigenvalue weighted by molar-refractivity contribution is 0.387. The van der Waals surface area contributed by atoms with Crippen LogP contribution in [0.5, 0.6) is 17.2 Å². The van der Waals surface area contributed by atoms with Crippen molar-refractivity contribution in [2.24, 2.45) is 5.41 Å². The third-order valence-corrected chi connectivity index (χ3v) is 8.64. The molecule has 3 rings (SSSR count). The van der Waals surface area contributed by atoms with Crippen molar-refractivity contribution < 1.29 is 14.9 Å². The molecular weight excluding hydrogens is 552 g/mol. The molecule has 1 atom stereocenters. The van der Waals surface area contributed by atoms with E-state index in [1.165, 1.54) is 40.7 Å². The molecule has 0 heterocycles. The second-order valence-electron chi connectivity index (χ2n) is 13.7. The van der Waals surface area contributed by atoms with Gasteiger partial charge in [0.25, 0.3) is 0 Å². The molecule has 0 bridgehead atoms. The highest BCUT2D eigenvalue weighted by Gasteiger charge is 2.26. The maximum Gasteiger partial charge on any atom is 0.126 e. The molecule has 0 radical (unpaired) electrons. The van der Waals surface area contributed by atoms with Crippen LogP contribution in [0.1, 0.15) is 135 Å². The van der Waals surface area contributed by atoms with Crippen molar-refractivity contribution in [3.05, 3.63) is 93.1 Å². The third kappa shape index (κ3) is 13.4. The number of aryl methyl sites for hydroxylation is 2. The molecule has 3 heteroatoms. The van der Waals surface area contributed by atoms with Gasteiger partial charge in [-0.25, -0.2) is 0 Å². The molecule has 0 saturated carbocycles. The van der Waals surface area contributed by atoms with E-state index in [2.05, 4.69) is 97.9 Å². The van der Waals surface area contributed by atoms with E-state index in [0.717, 1.165) is 80.2 Å². The van der Waals surface area contributed by atoms with Gasteiger partial charge in [-0.3, -0.25) is 0 Å². The van der Waals surface area contributed by atoms with Crippen molar-refractivity contribution >= 4 is 6.08 Å². The molecule has 1 aliphatic rings. The van der Waals surface area contributed by atoms with Crippen LogP contribution in [0.3, 0.4) is 0 Å². The average Bonchev–Trinajstić information content (AvgIpc) is 2.96. The first kappa shape index (κ1) is 38.0. The fourth-order valence-corrected chi connectivity index (χ4v) is 5.94. The summed E-state index contributed by atoms with van der Waals surface area (Å²) in [5.74, 6) is 1.60. The van der Waals surface area contributed by atoms with Crippen molar-refractivity contribution in [2.75, 3.05) is 7.11 Å². The van der Waals surface area contributed by atoms with Crippen molar-refractivity contribution in [1.82, 2.24) is 0 Å². The summed E-state index contributed by atoms with van der Waals surface area (Å²) in [6, 6.07) is 8.21. The zero-order valence-electron chi connectivity index (χ0n) is 30.0. The van der Waals surface area contributed by atoms with Gasteiger partial charge in [0.2, 0.25) is 0 Å². The summed E-state index contributed by atoms with van der Waals surface area (Å²) >= 11 is 0. The minimum atomic E-state index is 0.205. The number of rotatable bonds is 15. The van der Waals surface area contributed by atoms with Gasteiger partial charge in [0, 0.05) is 11.1 Å². The number of benzene rings is 2. The molecule has 0 amide bonds. The Hall–Kier alpha value is -3.20. The summed E-state index contributed by atoms with van der Waals surface area (Å²) in [5.41, 5.74) is 9.94. The maximum atomic E-state index is 10.4. The van der Waals surface area contributed by atoms with E-state index in [9.17, 15) is 10.2 Å². The summed E-state index contributed by atoms with van der Waals surface area (Å²) < 4.78 is 5.52. The van der Waals surface area contributed by atoms with Gasteiger partial charge in [-0.15, -0.1) is 0 Å². The largest absolute Gasteiger partial charge is 0.508 e. The zero-order chi connectivity index (χ0) is 33.4. The van der Waals surface area contributed by atoms with Gasteiger partial charge < -0.3 is 14.9 Å². The van der Waals surface area contributed by atoms with Crippen LogP contribution in [0.4, 0.5) is 0 Å². The fourth-order valence-electron chi connectivity index (χ4n) is 5.94. The smallest absolute Gasteiger partial charge is 0.126 e. The van der Waals surface area contributed by atoms with Crippen LogP contribution >= 0.6 is 0 Å². The van der Waals surface area contributed by atoms with Gasteiger partial charge in [0.1, 0.15) is 17.2 Å². The van der Waals surface area contributed by atoms with E-state index >= 15 is 0 Å². The number of phenols is 2. The lowest BCUT2D eigenvalue weighted by Crippen LogP contribution is -2.20. The van der Waals surface area contributed by atoms with Gasteiger partial charge in [-0.1, -0.05) is 93.2 Å². The molecule has 2 aromatic rings. The summed E-state index contributed by atoms with van der Waals surface area (Å²) in [6.07, 6.45) is 24.1. The number of hydrogen-bond acceptors (Lipinski definition) is 3. The lowest BCUT2D eigenvalue weighted by Gasteiger charge is -2.31. The Bertz CT molecular complexity index is 1330. The first-order chi connectivity index (χ1) is 21.4. The van der Waals surface area contributed by atoms with E-state index in [-0.39, 0.29) is 5.41 Å². The average molecular weight is 615 g/mol. The topological polar surface area (TPSA) is 49.7 Å². The number of ether oxygens (including phenoxy) is 1. The van der Waals surface area contributed by atoms with Gasteiger partial charge >= 0.3 is 0 Å². The van der Waals surface area contributed by atoms with Crippen LogP contribution in [-0.2, 0) is 25.7 Å². The van der Waals surface area contributed by atoms with Crippen LogP contribution in [0, 0.1) is 5.41 Å². The summed E-state index contributed by atoms with van der Waals surface area (Å²) in [5, 5.41) is 20.6. The second-order valence-corrected chi connectivity index (χ2v) is 13.7. The highest BCUT2D eigenvalue weighted by atomic mass is 16.5. The molecule has 2 aromatic carbocycles. The molecule has 0 fully saturated rings. The zero-order valence-corrected chi connectivity index (χ0v) is 30.0. The number of phenolic OH excluding ortho intramolecular Hbond substituents is 2. The molecule has 2 N–H and O–H groups in total. The Morgan fingerprint density at radius 2 is 1.49 bits per heavy atom. The van der Waals surface area contributed by atoms with Crippen molar-refractivity contribution in [3.63, 3.8) is 0 Å². The van der Waals surface area contributed by atoms with Crippen LogP contribution in [0.25, 0.3) is 6.08 Å². The van der Waals surface area contributed by atoms with Crippen LogP contribution in [0.15, 0.2) is 65.3 Å². The Labute approximate surface area is 275 Å². The SMILES string of the molecule is CCCCCc1cc(O)c(C/C=C(\C)CCC=C(C)C)c(OC)c1.CCCc1cc(O)c2c(c1)CC(C)(CCC=C(C)C)C=C2. The monoisotopic (exact) mass is 614 g/mol. The Morgan fingerprint density at radius 1 is 0.822 bits per heavy atom. The van der Waals surface area contributed by atoms with E-state index in [4.69, 9.17) is 4.74 Å². The highest BCUT2D eigenvalue weighted by molar-refractivity contribution is 5.65. The quantitative estimate of drug-likeness (QED) is 0.155. The number of allylic oxidation sites excluding steroid dienone is 7. The maximum absolute atomic E-state index is 10.4. The lowest BCUT2D eigenvalue weighted by atomic mass is 9.74. The number of methoxy groups -OCH3 is 1. The molecule has 0 spiro atoms. The van der Waals surface area contributed by atoms with Crippen molar-refractivity contribution in [3.8, 4) is 17.2 Å².